The van der Waals surface area contributed by atoms with E-state index in [0.717, 1.165) is 28.2 Å². The molecule has 3 aromatic rings. The van der Waals surface area contributed by atoms with E-state index in [2.05, 4.69) is 5.10 Å². The van der Waals surface area contributed by atoms with Crippen molar-refractivity contribution in [1.82, 2.24) is 9.78 Å². The quantitative estimate of drug-likeness (QED) is 0.701. The molecule has 0 bridgehead atoms. The maximum Gasteiger partial charge on any atom is 0.337 e. The number of aromatic nitrogens is 2. The molecule has 0 spiro atoms. The van der Waals surface area contributed by atoms with Crippen LogP contribution in [-0.2, 0) is 0 Å². The molecule has 1 N–H and O–H groups in total. The number of halogens is 2. The molecular formula is C18H14Cl2N2O2. The van der Waals surface area contributed by atoms with Crippen LogP contribution in [0.4, 0.5) is 0 Å². The molecule has 24 heavy (non-hydrogen) atoms. The maximum atomic E-state index is 11.3. The number of benzene rings is 2. The Balaban J connectivity index is 2.15. The Bertz CT molecular complexity index is 931. The van der Waals surface area contributed by atoms with Gasteiger partial charge in [-0.3, -0.25) is 0 Å². The third-order valence-electron chi connectivity index (χ3n) is 3.85. The number of aryl methyl sites for hydroxylation is 1. The molecule has 0 unspecified atom stereocenters. The first-order valence-corrected chi connectivity index (χ1v) is 7.99. The first-order chi connectivity index (χ1) is 11.4. The summed E-state index contributed by atoms with van der Waals surface area (Å²) >= 11 is 11.9. The smallest absolute Gasteiger partial charge is 0.337 e. The molecule has 122 valence electrons. The van der Waals surface area contributed by atoms with Crippen LogP contribution in [0.1, 0.15) is 21.7 Å². The Morgan fingerprint density at radius 3 is 2.38 bits per heavy atom. The fourth-order valence-electron chi connectivity index (χ4n) is 2.74. The lowest BCUT2D eigenvalue weighted by molar-refractivity contribution is 0.0697. The summed E-state index contributed by atoms with van der Waals surface area (Å²) in [4.78, 5) is 11.3. The third kappa shape index (κ3) is 2.90. The minimum atomic E-state index is -1.05. The van der Waals surface area contributed by atoms with Gasteiger partial charge in [0.25, 0.3) is 0 Å². The second kappa shape index (κ2) is 6.30. The van der Waals surface area contributed by atoms with Crippen LogP contribution in [0.25, 0.3) is 16.8 Å². The number of carboxylic acids is 1. The van der Waals surface area contributed by atoms with E-state index in [4.69, 9.17) is 23.2 Å². The van der Waals surface area contributed by atoms with E-state index in [1.54, 1.807) is 30.3 Å². The lowest BCUT2D eigenvalue weighted by atomic mass is 10.0. The van der Waals surface area contributed by atoms with E-state index < -0.39 is 5.97 Å². The molecule has 0 radical (unpaired) electrons. The van der Waals surface area contributed by atoms with Crippen molar-refractivity contribution in [3.05, 3.63) is 69.5 Å². The van der Waals surface area contributed by atoms with Gasteiger partial charge in [-0.15, -0.1) is 0 Å². The average Bonchev–Trinajstić information content (AvgIpc) is 2.83. The topological polar surface area (TPSA) is 55.1 Å². The Hall–Kier alpha value is -2.30. The summed E-state index contributed by atoms with van der Waals surface area (Å²) in [6.07, 6.45) is 0. The molecule has 0 saturated heterocycles. The van der Waals surface area contributed by atoms with Gasteiger partial charge in [0, 0.05) is 16.3 Å². The van der Waals surface area contributed by atoms with E-state index in [0.29, 0.717) is 5.02 Å². The number of nitrogens with zero attached hydrogens (tertiary/aromatic N) is 2. The number of carboxylic acid groups (broad SMARTS) is 1. The van der Waals surface area contributed by atoms with Gasteiger partial charge >= 0.3 is 5.97 Å². The number of aromatic carboxylic acids is 1. The molecule has 3 rings (SSSR count). The summed E-state index contributed by atoms with van der Waals surface area (Å²) < 4.78 is 1.82. The Kier molecular flexibility index (Phi) is 4.35. The van der Waals surface area contributed by atoms with Crippen molar-refractivity contribution in [2.24, 2.45) is 0 Å². The van der Waals surface area contributed by atoms with Gasteiger partial charge in [-0.1, -0.05) is 29.3 Å². The highest BCUT2D eigenvalue weighted by molar-refractivity contribution is 6.33. The summed E-state index contributed by atoms with van der Waals surface area (Å²) in [7, 11) is 0. The highest BCUT2D eigenvalue weighted by atomic mass is 35.5. The fraction of sp³-hybridized carbons (Fsp3) is 0.111. The van der Waals surface area contributed by atoms with Crippen molar-refractivity contribution < 1.29 is 9.90 Å². The van der Waals surface area contributed by atoms with Crippen LogP contribution in [0.2, 0.25) is 10.0 Å². The lowest BCUT2D eigenvalue weighted by Crippen LogP contribution is -1.99. The number of rotatable bonds is 3. The molecule has 0 atom stereocenters. The summed E-state index contributed by atoms with van der Waals surface area (Å²) in [5, 5.41) is 14.7. The molecule has 0 saturated carbocycles. The van der Waals surface area contributed by atoms with E-state index in [9.17, 15) is 9.90 Å². The van der Waals surface area contributed by atoms with Crippen molar-refractivity contribution >= 4 is 29.2 Å². The Labute approximate surface area is 149 Å². The van der Waals surface area contributed by atoms with Gasteiger partial charge in [0.15, 0.2) is 0 Å². The van der Waals surface area contributed by atoms with Crippen LogP contribution >= 0.6 is 23.2 Å². The molecule has 0 aliphatic rings. The number of hydrogen-bond acceptors (Lipinski definition) is 2. The number of hydrogen-bond donors (Lipinski definition) is 1. The van der Waals surface area contributed by atoms with Crippen molar-refractivity contribution in [1.29, 1.82) is 0 Å². The van der Waals surface area contributed by atoms with E-state index in [1.165, 1.54) is 0 Å². The molecule has 1 aromatic heterocycles. The predicted octanol–water partition coefficient (Wildman–Crippen LogP) is 5.16. The lowest BCUT2D eigenvalue weighted by Gasteiger charge is -2.07. The van der Waals surface area contributed by atoms with Gasteiger partial charge in [-0.2, -0.15) is 5.10 Å². The van der Waals surface area contributed by atoms with Crippen LogP contribution in [0.5, 0.6) is 0 Å². The van der Waals surface area contributed by atoms with Crippen LogP contribution in [0.3, 0.4) is 0 Å². The molecule has 1 heterocycles. The van der Waals surface area contributed by atoms with Gasteiger partial charge in [0.05, 0.1) is 22.0 Å². The van der Waals surface area contributed by atoms with Crippen LogP contribution in [0, 0.1) is 13.8 Å². The second-order valence-corrected chi connectivity index (χ2v) is 6.28. The molecule has 6 heteroatoms. The Morgan fingerprint density at radius 2 is 1.75 bits per heavy atom. The minimum absolute atomic E-state index is 0.0761. The normalized spacial score (nSPS) is 10.8. The first-order valence-electron chi connectivity index (χ1n) is 7.24. The van der Waals surface area contributed by atoms with E-state index in [-0.39, 0.29) is 10.6 Å². The average molecular weight is 361 g/mol. The maximum absolute atomic E-state index is 11.3. The zero-order valence-corrected chi connectivity index (χ0v) is 14.6. The van der Waals surface area contributed by atoms with Gasteiger partial charge in [-0.25, -0.2) is 9.48 Å². The van der Waals surface area contributed by atoms with E-state index in [1.807, 2.05) is 30.7 Å². The molecular weight excluding hydrogens is 347 g/mol. The fourth-order valence-corrected chi connectivity index (χ4v) is 3.06. The largest absolute Gasteiger partial charge is 0.478 e. The van der Waals surface area contributed by atoms with Gasteiger partial charge in [-0.05, 0) is 55.8 Å². The summed E-state index contributed by atoms with van der Waals surface area (Å²) in [6.45, 7) is 3.84. The van der Waals surface area contributed by atoms with Crippen LogP contribution < -0.4 is 0 Å². The molecule has 0 amide bonds. The van der Waals surface area contributed by atoms with Gasteiger partial charge in [0.1, 0.15) is 0 Å². The van der Waals surface area contributed by atoms with Gasteiger partial charge in [0.2, 0.25) is 0 Å². The monoisotopic (exact) mass is 360 g/mol. The highest BCUT2D eigenvalue weighted by Gasteiger charge is 2.17. The predicted molar refractivity (Wildman–Crippen MR) is 95.5 cm³/mol. The highest BCUT2D eigenvalue weighted by Crippen LogP contribution is 2.31. The van der Waals surface area contributed by atoms with Crippen molar-refractivity contribution in [3.8, 4) is 16.8 Å². The van der Waals surface area contributed by atoms with Gasteiger partial charge < -0.3 is 5.11 Å². The summed E-state index contributed by atoms with van der Waals surface area (Å²) in [6, 6.07) is 12.4. The SMILES string of the molecule is Cc1nn(-c2ccc(Cl)cc2)c(C)c1-c1ccc(Cl)c(C(=O)O)c1. The first kappa shape index (κ1) is 16.6. The molecule has 4 nitrogen and oxygen atoms in total. The summed E-state index contributed by atoms with van der Waals surface area (Å²) in [5.74, 6) is -1.05. The number of carbonyl (C=O) groups is 1. The van der Waals surface area contributed by atoms with Crippen molar-refractivity contribution in [3.63, 3.8) is 0 Å². The summed E-state index contributed by atoms with van der Waals surface area (Å²) in [5.41, 5.74) is 4.34. The zero-order chi connectivity index (χ0) is 17.4. The Morgan fingerprint density at radius 1 is 1.08 bits per heavy atom. The third-order valence-corrected chi connectivity index (χ3v) is 4.43. The molecule has 0 aliphatic heterocycles. The van der Waals surface area contributed by atoms with Crippen molar-refractivity contribution in [2.75, 3.05) is 0 Å². The molecule has 2 aromatic carbocycles. The minimum Gasteiger partial charge on any atom is -0.478 e. The van der Waals surface area contributed by atoms with Crippen molar-refractivity contribution in [2.45, 2.75) is 13.8 Å². The zero-order valence-electron chi connectivity index (χ0n) is 13.0. The van der Waals surface area contributed by atoms with Crippen LogP contribution in [-0.4, -0.2) is 20.9 Å². The van der Waals surface area contributed by atoms with E-state index >= 15 is 0 Å². The standard InChI is InChI=1S/C18H14Cl2N2O2/c1-10-17(12-3-8-16(20)15(9-12)18(23)24)11(2)22(21-10)14-6-4-13(19)5-7-14/h3-9H,1-2H3,(H,23,24). The molecule has 0 fully saturated rings. The second-order valence-electron chi connectivity index (χ2n) is 5.43. The molecule has 0 aliphatic carbocycles. The van der Waals surface area contributed by atoms with Crippen LogP contribution in [0.15, 0.2) is 42.5 Å².